The lowest BCUT2D eigenvalue weighted by molar-refractivity contribution is 0.335. The second-order valence-corrected chi connectivity index (χ2v) is 4.60. The summed E-state index contributed by atoms with van der Waals surface area (Å²) in [5, 5.41) is 15.7. The molecular weight excluding hydrogens is 188 g/mol. The molecule has 0 aromatic heterocycles. The standard InChI is InChI=1S/C11H21N4/c1-4-5-6-8-11(9-7-10(2)3)12-14-15-13-11/h10H,1,4-9H2,2-3H3. The van der Waals surface area contributed by atoms with E-state index in [9.17, 15) is 0 Å². The Morgan fingerprint density at radius 1 is 1.07 bits per heavy atom. The van der Waals surface area contributed by atoms with Crippen molar-refractivity contribution in [3.63, 3.8) is 0 Å². The zero-order valence-electron chi connectivity index (χ0n) is 9.82. The lowest BCUT2D eigenvalue weighted by Crippen LogP contribution is -2.22. The van der Waals surface area contributed by atoms with Gasteiger partial charge in [-0.15, -0.1) is 10.2 Å². The van der Waals surface area contributed by atoms with E-state index in [0.717, 1.165) is 38.5 Å². The van der Waals surface area contributed by atoms with Gasteiger partial charge in [0.05, 0.1) is 0 Å². The van der Waals surface area contributed by atoms with Crippen LogP contribution in [0.2, 0.25) is 0 Å². The number of hydrogen-bond acceptors (Lipinski definition) is 4. The van der Waals surface area contributed by atoms with Crippen molar-refractivity contribution in [3.05, 3.63) is 6.92 Å². The molecule has 0 atom stereocenters. The van der Waals surface area contributed by atoms with Crippen LogP contribution in [0.3, 0.4) is 0 Å². The van der Waals surface area contributed by atoms with Crippen LogP contribution in [0.5, 0.6) is 0 Å². The van der Waals surface area contributed by atoms with Crippen molar-refractivity contribution in [2.45, 2.75) is 58.0 Å². The van der Waals surface area contributed by atoms with Crippen molar-refractivity contribution in [2.24, 2.45) is 26.6 Å². The lowest BCUT2D eigenvalue weighted by Gasteiger charge is -2.20. The summed E-state index contributed by atoms with van der Waals surface area (Å²) in [6.45, 7) is 8.27. The minimum absolute atomic E-state index is 0.334. The molecule has 0 unspecified atom stereocenters. The average Bonchev–Trinajstić information content (AvgIpc) is 2.65. The van der Waals surface area contributed by atoms with Gasteiger partial charge in [0.25, 0.3) is 0 Å². The average molecular weight is 209 g/mol. The molecule has 0 amide bonds. The number of unbranched alkanes of at least 4 members (excludes halogenated alkanes) is 2. The zero-order chi connectivity index (χ0) is 11.1. The van der Waals surface area contributed by atoms with Crippen LogP contribution in [0.15, 0.2) is 20.7 Å². The molecule has 0 spiro atoms. The van der Waals surface area contributed by atoms with Crippen LogP contribution < -0.4 is 0 Å². The number of nitrogens with zero attached hydrogens (tertiary/aromatic N) is 4. The molecular formula is C11H21N4. The van der Waals surface area contributed by atoms with E-state index >= 15 is 0 Å². The molecule has 0 aromatic rings. The van der Waals surface area contributed by atoms with Gasteiger partial charge in [0.15, 0.2) is 5.66 Å². The van der Waals surface area contributed by atoms with Crippen LogP contribution in [0.1, 0.15) is 52.4 Å². The Labute approximate surface area is 92.2 Å². The molecule has 0 bridgehead atoms. The quantitative estimate of drug-likeness (QED) is 0.560. The van der Waals surface area contributed by atoms with Crippen molar-refractivity contribution in [3.8, 4) is 0 Å². The minimum atomic E-state index is -0.334. The molecule has 4 heteroatoms. The molecule has 1 rings (SSSR count). The van der Waals surface area contributed by atoms with Crippen molar-refractivity contribution >= 4 is 0 Å². The highest BCUT2D eigenvalue weighted by Crippen LogP contribution is 2.32. The summed E-state index contributed by atoms with van der Waals surface area (Å²) in [7, 11) is 0. The normalized spacial score (nSPS) is 17.9. The van der Waals surface area contributed by atoms with Crippen molar-refractivity contribution < 1.29 is 0 Å². The van der Waals surface area contributed by atoms with Crippen molar-refractivity contribution in [2.75, 3.05) is 0 Å². The van der Waals surface area contributed by atoms with Gasteiger partial charge in [0.1, 0.15) is 0 Å². The summed E-state index contributed by atoms with van der Waals surface area (Å²) in [5.41, 5.74) is -0.334. The monoisotopic (exact) mass is 209 g/mol. The SMILES string of the molecule is [CH2]CCCCC1(CCC(C)C)N=NN=N1. The molecule has 1 aliphatic heterocycles. The highest BCUT2D eigenvalue weighted by atomic mass is 15.6. The van der Waals surface area contributed by atoms with Gasteiger partial charge < -0.3 is 0 Å². The van der Waals surface area contributed by atoms with Crippen LogP contribution in [-0.4, -0.2) is 5.66 Å². The second kappa shape index (κ2) is 5.93. The van der Waals surface area contributed by atoms with E-state index in [1.807, 2.05) is 0 Å². The number of rotatable bonds is 7. The maximum absolute atomic E-state index is 4.18. The van der Waals surface area contributed by atoms with E-state index in [0.29, 0.717) is 5.92 Å². The molecule has 1 aliphatic rings. The summed E-state index contributed by atoms with van der Waals surface area (Å²) in [4.78, 5) is 0. The summed E-state index contributed by atoms with van der Waals surface area (Å²) < 4.78 is 0. The van der Waals surface area contributed by atoms with Gasteiger partial charge in [-0.25, -0.2) is 0 Å². The third-order valence-electron chi connectivity index (χ3n) is 2.70. The second-order valence-electron chi connectivity index (χ2n) is 4.60. The van der Waals surface area contributed by atoms with E-state index in [1.54, 1.807) is 0 Å². The third-order valence-corrected chi connectivity index (χ3v) is 2.70. The largest absolute Gasteiger partial charge is 0.195 e. The lowest BCUT2D eigenvalue weighted by atomic mass is 9.94. The van der Waals surface area contributed by atoms with Crippen molar-refractivity contribution in [1.82, 2.24) is 0 Å². The molecule has 15 heavy (non-hydrogen) atoms. The summed E-state index contributed by atoms with van der Waals surface area (Å²) in [6, 6.07) is 0. The molecule has 0 aliphatic carbocycles. The molecule has 1 heterocycles. The van der Waals surface area contributed by atoms with Gasteiger partial charge in [0, 0.05) is 0 Å². The van der Waals surface area contributed by atoms with Crippen LogP contribution in [0, 0.1) is 12.8 Å². The molecule has 0 aromatic carbocycles. The Morgan fingerprint density at radius 3 is 2.27 bits per heavy atom. The Bertz CT molecular complexity index is 221. The first-order valence-electron chi connectivity index (χ1n) is 5.82. The van der Waals surface area contributed by atoms with Gasteiger partial charge in [-0.3, -0.25) is 0 Å². The molecule has 1 radical (unpaired) electrons. The zero-order valence-corrected chi connectivity index (χ0v) is 9.82. The maximum atomic E-state index is 4.18. The smallest absolute Gasteiger partial charge is 0.135 e. The first-order chi connectivity index (χ1) is 7.18. The summed E-state index contributed by atoms with van der Waals surface area (Å²) in [5.74, 6) is 0.681. The van der Waals surface area contributed by atoms with E-state index in [2.05, 4.69) is 41.4 Å². The van der Waals surface area contributed by atoms with E-state index in [-0.39, 0.29) is 5.66 Å². The van der Waals surface area contributed by atoms with Crippen LogP contribution in [0.25, 0.3) is 0 Å². The Hall–Kier alpha value is -0.800. The first kappa shape index (κ1) is 12.3. The van der Waals surface area contributed by atoms with Gasteiger partial charge in [-0.1, -0.05) is 33.6 Å². The van der Waals surface area contributed by atoms with Gasteiger partial charge >= 0.3 is 0 Å². The first-order valence-corrected chi connectivity index (χ1v) is 5.82. The summed E-state index contributed by atoms with van der Waals surface area (Å²) >= 11 is 0. The Morgan fingerprint density at radius 2 is 1.73 bits per heavy atom. The fourth-order valence-electron chi connectivity index (χ4n) is 1.66. The minimum Gasteiger partial charge on any atom is -0.135 e. The molecule has 4 nitrogen and oxygen atoms in total. The fourth-order valence-corrected chi connectivity index (χ4v) is 1.66. The predicted octanol–water partition coefficient (Wildman–Crippen LogP) is 4.35. The Balaban J connectivity index is 2.41. The fraction of sp³-hybridized carbons (Fsp3) is 0.909. The van der Waals surface area contributed by atoms with Crippen LogP contribution >= 0.6 is 0 Å². The Kier molecular flexibility index (Phi) is 4.85. The maximum Gasteiger partial charge on any atom is 0.195 e. The van der Waals surface area contributed by atoms with Gasteiger partial charge in [-0.05, 0) is 42.0 Å². The van der Waals surface area contributed by atoms with Gasteiger partial charge in [-0.2, -0.15) is 0 Å². The van der Waals surface area contributed by atoms with E-state index in [4.69, 9.17) is 0 Å². The predicted molar refractivity (Wildman–Crippen MR) is 60.3 cm³/mol. The summed E-state index contributed by atoms with van der Waals surface area (Å²) in [6.07, 6.45) is 6.28. The highest BCUT2D eigenvalue weighted by molar-refractivity contribution is 4.85. The van der Waals surface area contributed by atoms with E-state index < -0.39 is 0 Å². The molecule has 85 valence electrons. The molecule has 0 saturated heterocycles. The highest BCUT2D eigenvalue weighted by Gasteiger charge is 2.32. The molecule has 0 fully saturated rings. The van der Waals surface area contributed by atoms with Crippen LogP contribution in [0.4, 0.5) is 0 Å². The van der Waals surface area contributed by atoms with E-state index in [1.165, 1.54) is 0 Å². The number of hydrogen-bond donors (Lipinski definition) is 0. The van der Waals surface area contributed by atoms with Gasteiger partial charge in [0.2, 0.25) is 0 Å². The van der Waals surface area contributed by atoms with Crippen molar-refractivity contribution in [1.29, 1.82) is 0 Å². The molecule has 0 saturated carbocycles. The third kappa shape index (κ3) is 4.06. The molecule has 0 N–H and O–H groups in total. The topological polar surface area (TPSA) is 49.4 Å². The van der Waals surface area contributed by atoms with Crippen LogP contribution in [-0.2, 0) is 0 Å².